The lowest BCUT2D eigenvalue weighted by molar-refractivity contribution is -0.147. The molecule has 4 N–H and O–H groups in total. The fourth-order valence-electron chi connectivity index (χ4n) is 3.92. The smallest absolute Gasteiger partial charge is 0.309 e. The number of carboxylic acids is 2. The molecule has 0 aliphatic heterocycles. The van der Waals surface area contributed by atoms with E-state index in [2.05, 4.69) is 0 Å². The van der Waals surface area contributed by atoms with E-state index in [0.29, 0.717) is 19.3 Å². The number of aliphatic carboxylic acids is 2. The van der Waals surface area contributed by atoms with Gasteiger partial charge in [-0.25, -0.2) is 0 Å². The standard InChI is InChI=1S/C24H36O6/c1-23(2,21(27)28)11-7-3-5-9-17-15-18(20(26)16-19(17)25)10-6-4-8-12-24(13-14-24)22(29)30/h15-16,25-26H,3-14H2,1-2H3,(H,27,28)(H,29,30). The van der Waals surface area contributed by atoms with E-state index in [1.54, 1.807) is 13.8 Å². The average molecular weight is 421 g/mol. The van der Waals surface area contributed by atoms with E-state index < -0.39 is 22.8 Å². The molecule has 2 rings (SSSR count). The molecule has 0 radical (unpaired) electrons. The predicted octanol–water partition coefficient (Wildman–Crippen LogP) is 5.28. The molecule has 1 saturated carbocycles. The van der Waals surface area contributed by atoms with Gasteiger partial charge in [-0.15, -0.1) is 0 Å². The van der Waals surface area contributed by atoms with Crippen LogP contribution in [0.15, 0.2) is 12.1 Å². The number of benzene rings is 1. The molecule has 0 spiro atoms. The predicted molar refractivity (Wildman–Crippen MR) is 115 cm³/mol. The molecule has 1 aliphatic rings. The highest BCUT2D eigenvalue weighted by atomic mass is 16.4. The first kappa shape index (κ1) is 24.0. The van der Waals surface area contributed by atoms with Crippen molar-refractivity contribution in [1.29, 1.82) is 0 Å². The summed E-state index contributed by atoms with van der Waals surface area (Å²) < 4.78 is 0. The van der Waals surface area contributed by atoms with Gasteiger partial charge in [0.2, 0.25) is 0 Å². The third kappa shape index (κ3) is 6.64. The molecule has 1 fully saturated rings. The number of phenolic OH excluding ortho intramolecular Hbond substituents is 2. The van der Waals surface area contributed by atoms with Gasteiger partial charge in [0.05, 0.1) is 10.8 Å². The molecule has 0 bridgehead atoms. The summed E-state index contributed by atoms with van der Waals surface area (Å²) in [6, 6.07) is 3.27. The summed E-state index contributed by atoms with van der Waals surface area (Å²) in [5.74, 6) is -1.25. The van der Waals surface area contributed by atoms with E-state index in [0.717, 1.165) is 68.9 Å². The van der Waals surface area contributed by atoms with Gasteiger partial charge < -0.3 is 20.4 Å². The second kappa shape index (κ2) is 10.2. The number of hydrogen-bond acceptors (Lipinski definition) is 4. The molecule has 6 heteroatoms. The zero-order chi connectivity index (χ0) is 22.4. The van der Waals surface area contributed by atoms with Crippen molar-refractivity contribution in [1.82, 2.24) is 0 Å². The summed E-state index contributed by atoms with van der Waals surface area (Å²) in [6.07, 6.45) is 9.56. The first-order valence-corrected chi connectivity index (χ1v) is 11.1. The van der Waals surface area contributed by atoms with E-state index >= 15 is 0 Å². The normalized spacial score (nSPS) is 15.1. The summed E-state index contributed by atoms with van der Waals surface area (Å²) in [5.41, 5.74) is 0.447. The molecule has 168 valence electrons. The molecule has 6 nitrogen and oxygen atoms in total. The monoisotopic (exact) mass is 420 g/mol. The lowest BCUT2D eigenvalue weighted by Gasteiger charge is -2.18. The van der Waals surface area contributed by atoms with Gasteiger partial charge in [-0.05, 0) is 82.4 Å². The number of aromatic hydroxyl groups is 2. The first-order chi connectivity index (χ1) is 14.1. The molecule has 1 aliphatic carbocycles. The average Bonchev–Trinajstić information content (AvgIpc) is 3.45. The molecular formula is C24H36O6. The van der Waals surface area contributed by atoms with Crippen LogP contribution < -0.4 is 0 Å². The van der Waals surface area contributed by atoms with Crippen LogP contribution in [0.25, 0.3) is 0 Å². The van der Waals surface area contributed by atoms with E-state index in [1.165, 1.54) is 6.07 Å². The quantitative estimate of drug-likeness (QED) is 0.304. The Bertz CT molecular complexity index is 701. The Morgan fingerprint density at radius 2 is 1.40 bits per heavy atom. The van der Waals surface area contributed by atoms with E-state index in [4.69, 9.17) is 5.11 Å². The number of carboxylic acid groups (broad SMARTS) is 2. The topological polar surface area (TPSA) is 115 Å². The second-order valence-corrected chi connectivity index (χ2v) is 9.51. The van der Waals surface area contributed by atoms with Crippen LogP contribution in [0.2, 0.25) is 0 Å². The minimum atomic E-state index is -0.779. The minimum absolute atomic E-state index is 0.0965. The first-order valence-electron chi connectivity index (χ1n) is 11.1. The van der Waals surface area contributed by atoms with E-state index in [1.807, 2.05) is 6.07 Å². The number of unbranched alkanes of at least 4 members (excludes halogenated alkanes) is 4. The van der Waals surface area contributed by atoms with Gasteiger partial charge >= 0.3 is 11.9 Å². The summed E-state index contributed by atoms with van der Waals surface area (Å²) in [6.45, 7) is 3.47. The van der Waals surface area contributed by atoms with Crippen molar-refractivity contribution >= 4 is 11.9 Å². The van der Waals surface area contributed by atoms with Crippen molar-refractivity contribution in [2.24, 2.45) is 10.8 Å². The maximum absolute atomic E-state index is 11.2. The summed E-state index contributed by atoms with van der Waals surface area (Å²) in [7, 11) is 0. The van der Waals surface area contributed by atoms with E-state index in [-0.39, 0.29) is 11.5 Å². The molecule has 1 aromatic rings. The third-order valence-corrected chi connectivity index (χ3v) is 6.52. The van der Waals surface area contributed by atoms with E-state index in [9.17, 15) is 24.9 Å². The van der Waals surface area contributed by atoms with Crippen LogP contribution in [0, 0.1) is 10.8 Å². The van der Waals surface area contributed by atoms with Gasteiger partial charge in [-0.1, -0.05) is 25.7 Å². The van der Waals surface area contributed by atoms with Crippen LogP contribution in [0.3, 0.4) is 0 Å². The van der Waals surface area contributed by atoms with Crippen molar-refractivity contribution in [2.45, 2.75) is 90.9 Å². The molecule has 0 amide bonds. The SMILES string of the molecule is CC(C)(CCCCCc1cc(CCCCCC2(C(=O)O)CC2)c(O)cc1O)C(=O)O. The van der Waals surface area contributed by atoms with Crippen molar-refractivity contribution in [3.8, 4) is 11.5 Å². The van der Waals surface area contributed by atoms with Gasteiger partial charge in [0.1, 0.15) is 11.5 Å². The summed E-state index contributed by atoms with van der Waals surface area (Å²) >= 11 is 0. The Kier molecular flexibility index (Phi) is 8.16. The van der Waals surface area contributed by atoms with Crippen LogP contribution in [0.1, 0.15) is 89.2 Å². The van der Waals surface area contributed by atoms with Crippen LogP contribution in [-0.4, -0.2) is 32.4 Å². The van der Waals surface area contributed by atoms with Gasteiger partial charge in [-0.3, -0.25) is 9.59 Å². The Morgan fingerprint density at radius 3 is 1.87 bits per heavy atom. The van der Waals surface area contributed by atoms with Gasteiger partial charge in [0.25, 0.3) is 0 Å². The Balaban J connectivity index is 1.75. The maximum Gasteiger partial charge on any atom is 0.309 e. The third-order valence-electron chi connectivity index (χ3n) is 6.52. The van der Waals surface area contributed by atoms with Crippen LogP contribution >= 0.6 is 0 Å². The highest BCUT2D eigenvalue weighted by molar-refractivity contribution is 5.77. The van der Waals surface area contributed by atoms with Crippen LogP contribution in [-0.2, 0) is 22.4 Å². The molecule has 0 unspecified atom stereocenters. The summed E-state index contributed by atoms with van der Waals surface area (Å²) in [4.78, 5) is 22.4. The maximum atomic E-state index is 11.2. The number of aryl methyl sites for hydroxylation is 2. The van der Waals surface area contributed by atoms with Crippen molar-refractivity contribution in [3.05, 3.63) is 23.3 Å². The molecule has 0 saturated heterocycles. The van der Waals surface area contributed by atoms with Gasteiger partial charge in [-0.2, -0.15) is 0 Å². The number of phenols is 2. The Morgan fingerprint density at radius 1 is 0.867 bits per heavy atom. The number of rotatable bonds is 14. The molecule has 0 atom stereocenters. The Labute approximate surface area is 178 Å². The fraction of sp³-hybridized carbons (Fsp3) is 0.667. The highest BCUT2D eigenvalue weighted by Gasteiger charge is 2.49. The number of hydrogen-bond donors (Lipinski definition) is 4. The fourth-order valence-corrected chi connectivity index (χ4v) is 3.92. The highest BCUT2D eigenvalue weighted by Crippen LogP contribution is 2.50. The van der Waals surface area contributed by atoms with Crippen LogP contribution in [0.4, 0.5) is 0 Å². The lowest BCUT2D eigenvalue weighted by atomic mass is 9.87. The number of carbonyl (C=O) groups is 2. The molecule has 1 aromatic carbocycles. The molecular weight excluding hydrogens is 384 g/mol. The second-order valence-electron chi connectivity index (χ2n) is 9.51. The minimum Gasteiger partial charge on any atom is -0.508 e. The van der Waals surface area contributed by atoms with Crippen molar-refractivity contribution in [2.75, 3.05) is 0 Å². The lowest BCUT2D eigenvalue weighted by Crippen LogP contribution is -2.23. The zero-order valence-electron chi connectivity index (χ0n) is 18.2. The summed E-state index contributed by atoms with van der Waals surface area (Å²) in [5, 5.41) is 38.7. The van der Waals surface area contributed by atoms with Crippen LogP contribution in [0.5, 0.6) is 11.5 Å². The largest absolute Gasteiger partial charge is 0.508 e. The molecule has 30 heavy (non-hydrogen) atoms. The molecule has 0 heterocycles. The Hall–Kier alpha value is -2.24. The zero-order valence-corrected chi connectivity index (χ0v) is 18.2. The van der Waals surface area contributed by atoms with Crippen molar-refractivity contribution in [3.63, 3.8) is 0 Å². The van der Waals surface area contributed by atoms with Gasteiger partial charge in [0, 0.05) is 6.07 Å². The van der Waals surface area contributed by atoms with Gasteiger partial charge in [0.15, 0.2) is 0 Å². The molecule has 0 aromatic heterocycles. The van der Waals surface area contributed by atoms with Crippen molar-refractivity contribution < 1.29 is 30.0 Å².